The normalized spacial score (nSPS) is 15.6. The molecule has 0 aromatic heterocycles. The van der Waals surface area contributed by atoms with Crippen LogP contribution in [0.2, 0.25) is 0 Å². The number of esters is 1. The van der Waals surface area contributed by atoms with Gasteiger partial charge >= 0.3 is 5.97 Å². The molecule has 1 amide bonds. The van der Waals surface area contributed by atoms with Crippen LogP contribution < -0.4 is 10.1 Å². The second-order valence-electron chi connectivity index (χ2n) is 5.98. The number of nitrogens with one attached hydrogen (secondary N) is 1. The van der Waals surface area contributed by atoms with Gasteiger partial charge < -0.3 is 14.8 Å². The molecule has 0 saturated heterocycles. The minimum Gasteiger partial charge on any atom is -0.495 e. The van der Waals surface area contributed by atoms with Crippen LogP contribution in [0.4, 0.5) is 0 Å². The molecule has 0 radical (unpaired) electrons. The highest BCUT2D eigenvalue weighted by Crippen LogP contribution is 2.27. The number of benzene rings is 1. The topological polar surface area (TPSA) is 102 Å². The minimum absolute atomic E-state index is 0.0206. The smallest absolute Gasteiger partial charge is 0.338 e. The number of hydrogen-bond acceptors (Lipinski definition) is 6. The zero-order chi connectivity index (χ0) is 18.8. The van der Waals surface area contributed by atoms with E-state index in [1.807, 2.05) is 0 Å². The highest BCUT2D eigenvalue weighted by atomic mass is 32.2. The molecule has 1 aromatic carbocycles. The van der Waals surface area contributed by atoms with Gasteiger partial charge in [0.2, 0.25) is 10.0 Å². The monoisotopic (exact) mass is 370 g/mol. The summed E-state index contributed by atoms with van der Waals surface area (Å²) in [7, 11) is 0.291. The molecule has 1 aromatic rings. The molecule has 1 atom stereocenters. The number of carbonyl (C=O) groups is 2. The summed E-state index contributed by atoms with van der Waals surface area (Å²) in [6.45, 7) is 1.47. The van der Waals surface area contributed by atoms with Crippen LogP contribution in [-0.2, 0) is 19.6 Å². The van der Waals surface area contributed by atoms with Crippen LogP contribution >= 0.6 is 0 Å². The summed E-state index contributed by atoms with van der Waals surface area (Å²) in [4.78, 5) is 24.0. The maximum Gasteiger partial charge on any atom is 0.338 e. The zero-order valence-corrected chi connectivity index (χ0v) is 15.4. The Labute approximate surface area is 147 Å². The van der Waals surface area contributed by atoms with E-state index < -0.39 is 22.1 Å². The summed E-state index contributed by atoms with van der Waals surface area (Å²) < 4.78 is 36.0. The van der Waals surface area contributed by atoms with Gasteiger partial charge in [-0.15, -0.1) is 0 Å². The van der Waals surface area contributed by atoms with Crippen molar-refractivity contribution >= 4 is 21.9 Å². The van der Waals surface area contributed by atoms with Gasteiger partial charge in [0.15, 0.2) is 6.10 Å². The SMILES string of the molecule is COc1ccc(C(=O)O[C@@H](C)C(=O)NC2CC2)cc1S(=O)(=O)N(C)C. The number of ether oxygens (including phenoxy) is 2. The second-order valence-corrected chi connectivity index (χ2v) is 8.10. The molecular formula is C16H22N2O6S. The van der Waals surface area contributed by atoms with Gasteiger partial charge in [0.1, 0.15) is 10.6 Å². The van der Waals surface area contributed by atoms with Crippen LogP contribution in [0, 0.1) is 0 Å². The number of amides is 1. The molecule has 1 N–H and O–H groups in total. The Morgan fingerprint density at radius 3 is 2.44 bits per heavy atom. The first-order chi connectivity index (χ1) is 11.7. The molecular weight excluding hydrogens is 348 g/mol. The maximum absolute atomic E-state index is 12.4. The van der Waals surface area contributed by atoms with Gasteiger partial charge in [-0.25, -0.2) is 17.5 Å². The van der Waals surface area contributed by atoms with Crippen molar-refractivity contribution in [3.63, 3.8) is 0 Å². The molecule has 0 bridgehead atoms. The highest BCUT2D eigenvalue weighted by molar-refractivity contribution is 7.89. The predicted octanol–water partition coefficient (Wildman–Crippen LogP) is 0.769. The van der Waals surface area contributed by atoms with Crippen LogP contribution in [0.3, 0.4) is 0 Å². The standard InChI is InChI=1S/C16H22N2O6S/c1-10(15(19)17-12-6-7-12)24-16(20)11-5-8-13(23-4)14(9-11)25(21,22)18(2)3/h5,8-10,12H,6-7H2,1-4H3,(H,17,19)/t10-/m0/s1. The van der Waals surface area contributed by atoms with E-state index in [0.717, 1.165) is 17.1 Å². The maximum atomic E-state index is 12.4. The fraction of sp³-hybridized carbons (Fsp3) is 0.500. The van der Waals surface area contributed by atoms with Gasteiger partial charge in [-0.1, -0.05) is 0 Å². The number of nitrogens with zero attached hydrogens (tertiary/aromatic N) is 1. The van der Waals surface area contributed by atoms with Crippen molar-refractivity contribution in [1.29, 1.82) is 0 Å². The largest absolute Gasteiger partial charge is 0.495 e. The summed E-state index contributed by atoms with van der Waals surface area (Å²) >= 11 is 0. The Balaban J connectivity index is 2.21. The molecule has 25 heavy (non-hydrogen) atoms. The van der Waals surface area contributed by atoms with Crippen molar-refractivity contribution in [2.45, 2.75) is 36.8 Å². The lowest BCUT2D eigenvalue weighted by Gasteiger charge is -2.16. The number of methoxy groups -OCH3 is 1. The zero-order valence-electron chi connectivity index (χ0n) is 14.6. The number of rotatable bonds is 7. The van der Waals surface area contributed by atoms with Crippen molar-refractivity contribution in [2.75, 3.05) is 21.2 Å². The second kappa shape index (κ2) is 7.40. The van der Waals surface area contributed by atoms with E-state index in [-0.39, 0.29) is 28.2 Å². The van der Waals surface area contributed by atoms with Crippen molar-refractivity contribution in [3.05, 3.63) is 23.8 Å². The molecule has 2 rings (SSSR count). The molecule has 1 aliphatic rings. The molecule has 0 heterocycles. The Hall–Kier alpha value is -2.13. The van der Waals surface area contributed by atoms with E-state index in [2.05, 4.69) is 5.32 Å². The Morgan fingerprint density at radius 2 is 1.92 bits per heavy atom. The number of hydrogen-bond donors (Lipinski definition) is 1. The Kier molecular flexibility index (Phi) is 5.69. The van der Waals surface area contributed by atoms with Crippen LogP contribution in [0.1, 0.15) is 30.1 Å². The molecule has 8 nitrogen and oxygen atoms in total. The molecule has 1 fully saturated rings. The van der Waals surface area contributed by atoms with Crippen LogP contribution in [0.15, 0.2) is 23.1 Å². The number of carbonyl (C=O) groups excluding carboxylic acids is 2. The van der Waals surface area contributed by atoms with Gasteiger partial charge in [0.25, 0.3) is 5.91 Å². The summed E-state index contributed by atoms with van der Waals surface area (Å²) in [5.74, 6) is -1.04. The lowest BCUT2D eigenvalue weighted by atomic mass is 10.2. The average Bonchev–Trinajstić information content (AvgIpc) is 3.37. The van der Waals surface area contributed by atoms with Gasteiger partial charge in [0.05, 0.1) is 12.7 Å². The Bertz CT molecular complexity index is 771. The van der Waals surface area contributed by atoms with Crippen LogP contribution in [-0.4, -0.2) is 58.0 Å². The lowest BCUT2D eigenvalue weighted by Crippen LogP contribution is -2.37. The predicted molar refractivity (Wildman–Crippen MR) is 89.9 cm³/mol. The molecule has 0 spiro atoms. The first kappa shape index (κ1) is 19.2. The van der Waals surface area contributed by atoms with Gasteiger partial charge in [-0.2, -0.15) is 0 Å². The van der Waals surface area contributed by atoms with E-state index in [4.69, 9.17) is 9.47 Å². The summed E-state index contributed by atoms with van der Waals surface area (Å²) in [5, 5.41) is 2.74. The van der Waals surface area contributed by atoms with E-state index in [0.29, 0.717) is 0 Å². The van der Waals surface area contributed by atoms with Crippen LogP contribution in [0.25, 0.3) is 0 Å². The summed E-state index contributed by atoms with van der Waals surface area (Å²) in [5.41, 5.74) is 0.0206. The lowest BCUT2D eigenvalue weighted by molar-refractivity contribution is -0.129. The molecule has 1 aliphatic carbocycles. The molecule has 1 saturated carbocycles. The summed E-state index contributed by atoms with van der Waals surface area (Å²) in [6.07, 6.45) is 0.886. The quantitative estimate of drug-likeness (QED) is 0.711. The van der Waals surface area contributed by atoms with E-state index in [9.17, 15) is 18.0 Å². The van der Waals surface area contributed by atoms with E-state index in [1.165, 1.54) is 46.3 Å². The first-order valence-electron chi connectivity index (χ1n) is 7.78. The van der Waals surface area contributed by atoms with Crippen molar-refractivity contribution in [2.24, 2.45) is 0 Å². The fourth-order valence-corrected chi connectivity index (χ4v) is 3.11. The molecule has 0 aliphatic heterocycles. The van der Waals surface area contributed by atoms with Crippen LogP contribution in [0.5, 0.6) is 5.75 Å². The fourth-order valence-electron chi connectivity index (χ4n) is 2.03. The van der Waals surface area contributed by atoms with Gasteiger partial charge in [-0.05, 0) is 38.0 Å². The van der Waals surface area contributed by atoms with Crippen molar-refractivity contribution in [1.82, 2.24) is 9.62 Å². The van der Waals surface area contributed by atoms with Gasteiger partial charge in [-0.3, -0.25) is 4.79 Å². The van der Waals surface area contributed by atoms with Crippen molar-refractivity contribution in [3.8, 4) is 5.75 Å². The third kappa shape index (κ3) is 4.49. The van der Waals surface area contributed by atoms with Crippen molar-refractivity contribution < 1.29 is 27.5 Å². The Morgan fingerprint density at radius 1 is 1.28 bits per heavy atom. The van der Waals surface area contributed by atoms with E-state index >= 15 is 0 Å². The summed E-state index contributed by atoms with van der Waals surface area (Å²) in [6, 6.07) is 4.11. The highest BCUT2D eigenvalue weighted by Gasteiger charge is 2.28. The average molecular weight is 370 g/mol. The third-order valence-electron chi connectivity index (χ3n) is 3.73. The molecule has 9 heteroatoms. The number of sulfonamides is 1. The van der Waals surface area contributed by atoms with Gasteiger partial charge in [0, 0.05) is 20.1 Å². The molecule has 138 valence electrons. The van der Waals surface area contributed by atoms with E-state index in [1.54, 1.807) is 0 Å². The molecule has 0 unspecified atom stereocenters. The third-order valence-corrected chi connectivity index (χ3v) is 5.57. The minimum atomic E-state index is -3.81. The first-order valence-corrected chi connectivity index (χ1v) is 9.22.